The number of hydrogen-bond acceptors (Lipinski definition) is 5. The molecule has 2 aliphatic rings. The standard InChI is InChI=1S/C13H18N2O3/c1-15(9-2-3-16-8-9)11-7-13-12(6-10(11)14)17-4-5-18-13/h6-7,9H,2-5,8,14H2,1H3. The van der Waals surface area contributed by atoms with Crippen molar-refractivity contribution < 1.29 is 14.2 Å². The molecule has 0 aliphatic carbocycles. The van der Waals surface area contributed by atoms with Crippen molar-refractivity contribution in [2.75, 3.05) is 44.1 Å². The zero-order valence-corrected chi connectivity index (χ0v) is 10.5. The molecule has 0 saturated carbocycles. The summed E-state index contributed by atoms with van der Waals surface area (Å²) in [5.41, 5.74) is 7.79. The van der Waals surface area contributed by atoms with Gasteiger partial charge in [0.1, 0.15) is 13.2 Å². The second-order valence-corrected chi connectivity index (χ2v) is 4.68. The van der Waals surface area contributed by atoms with Crippen molar-refractivity contribution in [2.24, 2.45) is 0 Å². The molecule has 0 aromatic heterocycles. The van der Waals surface area contributed by atoms with Crippen molar-refractivity contribution in [3.8, 4) is 11.5 Å². The van der Waals surface area contributed by atoms with Gasteiger partial charge in [0.05, 0.1) is 24.0 Å². The lowest BCUT2D eigenvalue weighted by Crippen LogP contribution is -2.32. The van der Waals surface area contributed by atoms with E-state index < -0.39 is 0 Å². The predicted molar refractivity (Wildman–Crippen MR) is 69.5 cm³/mol. The van der Waals surface area contributed by atoms with Crippen LogP contribution in [0.15, 0.2) is 12.1 Å². The molecule has 5 nitrogen and oxygen atoms in total. The molecule has 18 heavy (non-hydrogen) atoms. The van der Waals surface area contributed by atoms with E-state index in [4.69, 9.17) is 19.9 Å². The molecule has 0 amide bonds. The summed E-state index contributed by atoms with van der Waals surface area (Å²) in [6.45, 7) is 2.74. The van der Waals surface area contributed by atoms with Crippen molar-refractivity contribution in [1.29, 1.82) is 0 Å². The Morgan fingerprint density at radius 2 is 1.89 bits per heavy atom. The summed E-state index contributed by atoms with van der Waals surface area (Å²) < 4.78 is 16.5. The first-order valence-corrected chi connectivity index (χ1v) is 6.25. The molecule has 1 unspecified atom stereocenters. The number of fused-ring (bicyclic) bond motifs is 1. The number of ether oxygens (including phenoxy) is 3. The summed E-state index contributed by atoms with van der Waals surface area (Å²) in [5.74, 6) is 1.51. The zero-order valence-electron chi connectivity index (χ0n) is 10.5. The van der Waals surface area contributed by atoms with Crippen LogP contribution in [0.2, 0.25) is 0 Å². The minimum atomic E-state index is 0.384. The van der Waals surface area contributed by atoms with Crippen LogP contribution >= 0.6 is 0 Å². The highest BCUT2D eigenvalue weighted by Crippen LogP contribution is 2.39. The lowest BCUT2D eigenvalue weighted by atomic mass is 10.1. The van der Waals surface area contributed by atoms with Gasteiger partial charge in [0.25, 0.3) is 0 Å². The van der Waals surface area contributed by atoms with Gasteiger partial charge in [-0.1, -0.05) is 0 Å². The van der Waals surface area contributed by atoms with Crippen LogP contribution in [-0.4, -0.2) is 39.5 Å². The van der Waals surface area contributed by atoms with Gasteiger partial charge >= 0.3 is 0 Å². The minimum Gasteiger partial charge on any atom is -0.486 e. The van der Waals surface area contributed by atoms with E-state index in [1.54, 1.807) is 0 Å². The second-order valence-electron chi connectivity index (χ2n) is 4.68. The first-order valence-electron chi connectivity index (χ1n) is 6.25. The highest BCUT2D eigenvalue weighted by atomic mass is 16.6. The third-order valence-electron chi connectivity index (χ3n) is 3.52. The fourth-order valence-corrected chi connectivity index (χ4v) is 2.42. The molecule has 1 saturated heterocycles. The maximum atomic E-state index is 6.10. The van der Waals surface area contributed by atoms with E-state index in [1.165, 1.54) is 0 Å². The molecule has 98 valence electrons. The van der Waals surface area contributed by atoms with Crippen molar-refractivity contribution >= 4 is 11.4 Å². The fraction of sp³-hybridized carbons (Fsp3) is 0.538. The smallest absolute Gasteiger partial charge is 0.163 e. The maximum absolute atomic E-state index is 6.10. The number of likely N-dealkylation sites (N-methyl/N-ethyl adjacent to an activating group) is 1. The molecule has 0 spiro atoms. The normalized spacial score (nSPS) is 21.9. The van der Waals surface area contributed by atoms with Crippen LogP contribution in [0.3, 0.4) is 0 Å². The number of anilines is 2. The minimum absolute atomic E-state index is 0.384. The molecular formula is C13H18N2O3. The largest absolute Gasteiger partial charge is 0.486 e. The van der Waals surface area contributed by atoms with Crippen LogP contribution in [0.1, 0.15) is 6.42 Å². The molecule has 2 N–H and O–H groups in total. The van der Waals surface area contributed by atoms with Gasteiger partial charge < -0.3 is 24.8 Å². The maximum Gasteiger partial charge on any atom is 0.163 e. The number of nitrogens with two attached hydrogens (primary N) is 1. The lowest BCUT2D eigenvalue weighted by Gasteiger charge is -2.28. The molecular weight excluding hydrogens is 232 g/mol. The Bertz CT molecular complexity index is 444. The summed E-state index contributed by atoms with van der Waals surface area (Å²) in [5, 5.41) is 0. The molecule has 0 bridgehead atoms. The topological polar surface area (TPSA) is 57.0 Å². The van der Waals surface area contributed by atoms with Crippen LogP contribution < -0.4 is 20.1 Å². The van der Waals surface area contributed by atoms with Gasteiger partial charge in [-0.15, -0.1) is 0 Å². The zero-order chi connectivity index (χ0) is 12.5. The average molecular weight is 250 g/mol. The predicted octanol–water partition coefficient (Wildman–Crippen LogP) is 1.27. The van der Waals surface area contributed by atoms with Gasteiger partial charge in [-0.05, 0) is 6.42 Å². The Kier molecular flexibility index (Phi) is 2.91. The van der Waals surface area contributed by atoms with Crippen molar-refractivity contribution in [2.45, 2.75) is 12.5 Å². The van der Waals surface area contributed by atoms with E-state index in [1.807, 2.05) is 19.2 Å². The molecule has 1 aromatic carbocycles. The summed E-state index contributed by atoms with van der Waals surface area (Å²) in [4.78, 5) is 2.17. The summed E-state index contributed by atoms with van der Waals surface area (Å²) in [7, 11) is 2.04. The van der Waals surface area contributed by atoms with Crippen LogP contribution in [0.4, 0.5) is 11.4 Å². The molecule has 1 fully saturated rings. The Morgan fingerprint density at radius 1 is 1.17 bits per heavy atom. The highest BCUT2D eigenvalue weighted by molar-refractivity contribution is 5.73. The molecule has 0 radical (unpaired) electrons. The quantitative estimate of drug-likeness (QED) is 0.801. The van der Waals surface area contributed by atoms with E-state index in [-0.39, 0.29) is 0 Å². The molecule has 2 aliphatic heterocycles. The van der Waals surface area contributed by atoms with E-state index in [2.05, 4.69) is 4.90 Å². The third-order valence-corrected chi connectivity index (χ3v) is 3.52. The highest BCUT2D eigenvalue weighted by Gasteiger charge is 2.24. The number of hydrogen-bond donors (Lipinski definition) is 1. The Hall–Kier alpha value is -1.62. The monoisotopic (exact) mass is 250 g/mol. The van der Waals surface area contributed by atoms with E-state index in [0.29, 0.717) is 24.9 Å². The Labute approximate surface area is 106 Å². The van der Waals surface area contributed by atoms with Crippen molar-refractivity contribution in [3.63, 3.8) is 0 Å². The molecule has 1 atom stereocenters. The van der Waals surface area contributed by atoms with Gasteiger partial charge in [-0.25, -0.2) is 0 Å². The van der Waals surface area contributed by atoms with Crippen LogP contribution in [-0.2, 0) is 4.74 Å². The Morgan fingerprint density at radius 3 is 2.56 bits per heavy atom. The van der Waals surface area contributed by atoms with Crippen LogP contribution in [0.25, 0.3) is 0 Å². The van der Waals surface area contributed by atoms with Gasteiger partial charge in [0.15, 0.2) is 11.5 Å². The van der Waals surface area contributed by atoms with Gasteiger partial charge in [-0.3, -0.25) is 0 Å². The number of rotatable bonds is 2. The average Bonchev–Trinajstić information content (AvgIpc) is 2.91. The molecule has 3 rings (SSSR count). The van der Waals surface area contributed by atoms with E-state index in [9.17, 15) is 0 Å². The van der Waals surface area contributed by atoms with Crippen LogP contribution in [0.5, 0.6) is 11.5 Å². The van der Waals surface area contributed by atoms with Crippen molar-refractivity contribution in [3.05, 3.63) is 12.1 Å². The van der Waals surface area contributed by atoms with Gasteiger partial charge in [0.2, 0.25) is 0 Å². The molecule has 5 heteroatoms. The first kappa shape index (κ1) is 11.5. The summed E-state index contributed by atoms with van der Waals surface area (Å²) in [6, 6.07) is 4.19. The van der Waals surface area contributed by atoms with Gasteiger partial charge in [0, 0.05) is 25.8 Å². The Balaban J connectivity index is 1.90. The van der Waals surface area contributed by atoms with Crippen molar-refractivity contribution in [1.82, 2.24) is 0 Å². The second kappa shape index (κ2) is 4.57. The summed E-state index contributed by atoms with van der Waals surface area (Å²) >= 11 is 0. The first-order chi connectivity index (χ1) is 8.75. The SMILES string of the molecule is CN(c1cc2c(cc1N)OCCO2)C1CCOC1. The summed E-state index contributed by atoms with van der Waals surface area (Å²) in [6.07, 6.45) is 1.03. The molecule has 2 heterocycles. The molecule has 1 aromatic rings. The fourth-order valence-electron chi connectivity index (χ4n) is 2.42. The van der Waals surface area contributed by atoms with Gasteiger partial charge in [-0.2, -0.15) is 0 Å². The number of benzene rings is 1. The van der Waals surface area contributed by atoms with Crippen LogP contribution in [0, 0.1) is 0 Å². The number of nitrogen functional groups attached to an aromatic ring is 1. The number of nitrogens with zero attached hydrogens (tertiary/aromatic N) is 1. The third kappa shape index (κ3) is 1.95. The van der Waals surface area contributed by atoms with E-state index in [0.717, 1.165) is 36.8 Å². The lowest BCUT2D eigenvalue weighted by molar-refractivity contribution is 0.171. The van der Waals surface area contributed by atoms with E-state index >= 15 is 0 Å².